The fraction of sp³-hybridized carbons (Fsp3) is 0.235. The number of rotatable bonds is 14. The summed E-state index contributed by atoms with van der Waals surface area (Å²) in [5.41, 5.74) is 4.89. The molecule has 0 saturated carbocycles. The number of carbonyl (C=O) groups is 2. The van der Waals surface area contributed by atoms with Gasteiger partial charge < -0.3 is 40.6 Å². The molecule has 314 valence electrons. The van der Waals surface area contributed by atoms with Gasteiger partial charge in [-0.1, -0.05) is 31.9 Å². The van der Waals surface area contributed by atoms with Gasteiger partial charge in [-0.2, -0.15) is 22.0 Å². The molecule has 2 amide bonds. The lowest BCUT2D eigenvalue weighted by Gasteiger charge is -2.17. The largest absolute Gasteiger partial charge is 0.496 e. The van der Waals surface area contributed by atoms with E-state index in [0.717, 1.165) is 24.3 Å². The molecule has 0 atom stereocenters. The number of anilines is 3. The van der Waals surface area contributed by atoms with Crippen LogP contribution in [0.5, 0.6) is 23.0 Å². The molecule has 4 aromatic rings. The zero-order chi connectivity index (χ0) is 45.0. The molecule has 0 heterocycles. The van der Waals surface area contributed by atoms with Crippen LogP contribution in [0.15, 0.2) is 69.6 Å². The molecule has 0 aromatic heterocycles. The molecule has 4 aromatic carbocycles. The summed E-state index contributed by atoms with van der Waals surface area (Å²) in [6, 6.07) is 12.9. The number of ether oxygens (including phenoxy) is 4. The van der Waals surface area contributed by atoms with Crippen LogP contribution in [0.3, 0.4) is 0 Å². The van der Waals surface area contributed by atoms with Crippen molar-refractivity contribution in [3.63, 3.8) is 0 Å². The summed E-state index contributed by atoms with van der Waals surface area (Å²) in [6.45, 7) is -2.25. The average Bonchev–Trinajstić information content (AvgIpc) is 3.16. The van der Waals surface area contributed by atoms with E-state index in [-0.39, 0.29) is 57.7 Å². The minimum atomic E-state index is -3.19. The Morgan fingerprint density at radius 2 is 1.14 bits per heavy atom. The molecule has 0 fully saturated rings. The summed E-state index contributed by atoms with van der Waals surface area (Å²) in [4.78, 5) is 44.0. The number of carbonyl (C=O) groups excluding carboxylic acids is 2. The Morgan fingerprint density at radius 1 is 0.729 bits per heavy atom. The van der Waals surface area contributed by atoms with Crippen LogP contribution in [0.4, 0.5) is 50.4 Å². The highest BCUT2D eigenvalue weighted by Crippen LogP contribution is 2.38. The highest BCUT2D eigenvalue weighted by molar-refractivity contribution is 9.10. The van der Waals surface area contributed by atoms with E-state index in [2.05, 4.69) is 72.8 Å². The molecule has 0 aliphatic carbocycles. The minimum Gasteiger partial charge on any atom is -0.496 e. The first-order valence-electron chi connectivity index (χ1n) is 16.2. The van der Waals surface area contributed by atoms with E-state index < -0.39 is 52.1 Å². The first-order valence-corrected chi connectivity index (χ1v) is 17.7. The van der Waals surface area contributed by atoms with Crippen molar-refractivity contribution in [3.8, 4) is 23.0 Å². The standard InChI is InChI=1S/C17H16BrF2N3O5.C11H14F2N2O3.C6H3BrFNO2.B2/c1-3-21-16(24)15-13(27-2)7-10(8-14(15)28-17(19)20)22-11-5-4-9(18)6-12(11)23(25)26;1-3-15-10(16)9-7(17-2)4-6(14)5-8(9)18-11(12)13;7-4-1-2-5(8)6(3-4)9(10)11;1-2/h4-8,17,22H,3H2,1-2H3,(H,21,24);4-5,11H,3,14H2,1-2H3,(H,15,16);1-3H;. The fourth-order valence-electron chi connectivity index (χ4n) is 4.46. The van der Waals surface area contributed by atoms with E-state index in [1.165, 1.54) is 44.6 Å². The molecular formula is C34H33B2Br2F5N6O10. The molecule has 0 bridgehead atoms. The first-order chi connectivity index (χ1) is 27.9. The number of methoxy groups -OCH3 is 2. The molecule has 0 aliphatic heterocycles. The van der Waals surface area contributed by atoms with Crippen LogP contribution in [-0.4, -0.2) is 77.7 Å². The van der Waals surface area contributed by atoms with Crippen LogP contribution in [0.2, 0.25) is 0 Å². The molecule has 59 heavy (non-hydrogen) atoms. The Balaban J connectivity index is 0.000000478. The second-order valence-corrected chi connectivity index (χ2v) is 12.4. The molecule has 5 N–H and O–H groups in total. The van der Waals surface area contributed by atoms with Crippen molar-refractivity contribution in [1.82, 2.24) is 10.6 Å². The van der Waals surface area contributed by atoms with Gasteiger partial charge in [0.05, 0.1) is 24.1 Å². The van der Waals surface area contributed by atoms with Gasteiger partial charge in [0.2, 0.25) is 5.82 Å². The zero-order valence-electron chi connectivity index (χ0n) is 31.2. The molecule has 4 radical (unpaired) electrons. The average molecular weight is 962 g/mol. The summed E-state index contributed by atoms with van der Waals surface area (Å²) >= 11 is 6.15. The lowest BCUT2D eigenvalue weighted by Crippen LogP contribution is -2.24. The van der Waals surface area contributed by atoms with E-state index in [9.17, 15) is 51.8 Å². The number of amides is 2. The number of nitrogens with zero attached hydrogens (tertiary/aromatic N) is 2. The number of nitrogens with one attached hydrogen (secondary N) is 3. The van der Waals surface area contributed by atoms with Gasteiger partial charge in [-0.3, -0.25) is 29.8 Å². The summed E-state index contributed by atoms with van der Waals surface area (Å²) in [5.74, 6) is -2.74. The van der Waals surface area contributed by atoms with Crippen LogP contribution in [-0.2, 0) is 0 Å². The lowest BCUT2D eigenvalue weighted by atomic mass is 9.81. The molecule has 25 heteroatoms. The Morgan fingerprint density at radius 3 is 1.56 bits per heavy atom. The van der Waals surface area contributed by atoms with Crippen molar-refractivity contribution in [2.24, 2.45) is 0 Å². The van der Waals surface area contributed by atoms with E-state index >= 15 is 0 Å². The second-order valence-electron chi connectivity index (χ2n) is 10.5. The van der Waals surface area contributed by atoms with Crippen LogP contribution in [0.25, 0.3) is 0 Å². The Hall–Kier alpha value is -5.84. The van der Waals surface area contributed by atoms with E-state index in [1.54, 1.807) is 19.9 Å². The highest BCUT2D eigenvalue weighted by atomic mass is 79.9. The van der Waals surface area contributed by atoms with Crippen LogP contribution in [0, 0.1) is 26.0 Å². The maximum absolute atomic E-state index is 12.8. The number of benzene rings is 4. The second kappa shape index (κ2) is 25.5. The van der Waals surface area contributed by atoms with Crippen LogP contribution in [0.1, 0.15) is 34.6 Å². The highest BCUT2D eigenvalue weighted by Gasteiger charge is 2.24. The van der Waals surface area contributed by atoms with Crippen molar-refractivity contribution in [2.75, 3.05) is 38.4 Å². The van der Waals surface area contributed by atoms with Crippen LogP contribution >= 0.6 is 31.9 Å². The Labute approximate surface area is 352 Å². The third-order valence-electron chi connectivity index (χ3n) is 6.70. The molecular weight excluding hydrogens is 929 g/mol. The smallest absolute Gasteiger partial charge is 0.387 e. The Bertz CT molecular complexity index is 2080. The molecule has 0 saturated heterocycles. The number of nitro benzene ring substituents is 2. The molecule has 0 spiro atoms. The minimum absolute atomic E-state index is 0.0358. The van der Waals surface area contributed by atoms with Crippen molar-refractivity contribution in [3.05, 3.63) is 107 Å². The maximum Gasteiger partial charge on any atom is 0.387 e. The van der Waals surface area contributed by atoms with Crippen molar-refractivity contribution in [1.29, 1.82) is 0 Å². The number of alkyl halides is 4. The first kappa shape index (κ1) is 51.2. The predicted molar refractivity (Wildman–Crippen MR) is 216 cm³/mol. The van der Waals surface area contributed by atoms with E-state index in [0.29, 0.717) is 15.5 Å². The third-order valence-corrected chi connectivity index (χ3v) is 7.68. The van der Waals surface area contributed by atoms with Crippen molar-refractivity contribution < 1.29 is 60.3 Å². The van der Waals surface area contributed by atoms with Gasteiger partial charge in [-0.05, 0) is 38.1 Å². The van der Waals surface area contributed by atoms with Gasteiger partial charge in [0.25, 0.3) is 17.5 Å². The number of hydrogen-bond donors (Lipinski definition) is 4. The monoisotopic (exact) mass is 960 g/mol. The van der Waals surface area contributed by atoms with Gasteiger partial charge in [0, 0.05) is 85.3 Å². The van der Waals surface area contributed by atoms with Gasteiger partial charge in [-0.15, -0.1) is 0 Å². The topological polar surface area (TPSA) is 219 Å². The molecule has 4 rings (SSSR count). The quantitative estimate of drug-likeness (QED) is 0.0313. The van der Waals surface area contributed by atoms with E-state index in [1.807, 2.05) is 0 Å². The van der Waals surface area contributed by atoms with Gasteiger partial charge >= 0.3 is 18.9 Å². The fourth-order valence-corrected chi connectivity index (χ4v) is 5.16. The Kier molecular flexibility index (Phi) is 22.1. The number of halogens is 7. The molecule has 0 unspecified atom stereocenters. The third kappa shape index (κ3) is 16.1. The number of nitro groups is 2. The number of hydrogen-bond acceptors (Lipinski definition) is 12. The van der Waals surface area contributed by atoms with E-state index in [4.69, 9.17) is 15.2 Å². The predicted octanol–water partition coefficient (Wildman–Crippen LogP) is 7.82. The normalized spacial score (nSPS) is 9.98. The molecule has 16 nitrogen and oxygen atoms in total. The van der Waals surface area contributed by atoms with Gasteiger partial charge in [0.1, 0.15) is 39.8 Å². The van der Waals surface area contributed by atoms with Gasteiger partial charge in [0.15, 0.2) is 0 Å². The summed E-state index contributed by atoms with van der Waals surface area (Å²) in [7, 11) is 10.6. The van der Waals surface area contributed by atoms with Crippen LogP contribution < -0.4 is 40.6 Å². The van der Waals surface area contributed by atoms with Gasteiger partial charge in [-0.25, -0.2) is 0 Å². The van der Waals surface area contributed by atoms with Crippen molar-refractivity contribution in [2.45, 2.75) is 27.1 Å². The SMILES string of the molecule is CCNC(=O)c1c(OC)cc(N)cc1OC(F)F.CCNC(=O)c1c(OC)cc(Nc2ccc(Br)cc2[N+](=O)[O-])cc1OC(F)F.O=[N+]([O-])c1cc(Br)ccc1F.[B][B]. The zero-order valence-corrected chi connectivity index (χ0v) is 34.4. The molecule has 0 aliphatic rings. The summed E-state index contributed by atoms with van der Waals surface area (Å²) in [6.07, 6.45) is 0. The summed E-state index contributed by atoms with van der Waals surface area (Å²) < 4.78 is 82.7. The summed E-state index contributed by atoms with van der Waals surface area (Å²) in [5, 5.41) is 29.1. The number of nitrogen functional groups attached to an aromatic ring is 1. The lowest BCUT2D eigenvalue weighted by molar-refractivity contribution is -0.387. The maximum atomic E-state index is 12.8. The van der Waals surface area contributed by atoms with Crippen molar-refractivity contribution >= 4 is 87.6 Å². The number of nitrogens with two attached hydrogens (primary N) is 1.